The smallest absolute Gasteiger partial charge is 0.326 e. The van der Waals surface area contributed by atoms with Crippen molar-refractivity contribution < 1.29 is 33.9 Å². The molecular weight excluding hydrogens is 805 g/mol. The quantitative estimate of drug-likeness (QED) is 0.0209. The van der Waals surface area contributed by atoms with Crippen LogP contribution in [-0.4, -0.2) is 122 Å². The number of aromatic nitrogens is 4. The van der Waals surface area contributed by atoms with Crippen LogP contribution in [0.15, 0.2) is 65.4 Å². The number of carboxylic acids is 1. The second-order valence-electron chi connectivity index (χ2n) is 14.7. The molecule has 7 atom stereocenters. The molecule has 1 aromatic carbocycles. The highest BCUT2D eigenvalue weighted by Gasteiger charge is 2.34. The molecule has 23 heteroatoms. The van der Waals surface area contributed by atoms with E-state index in [2.05, 4.69) is 56.5 Å². The first-order valence-electron chi connectivity index (χ1n) is 20.2. The summed E-state index contributed by atoms with van der Waals surface area (Å²) in [5, 5.41) is 23.2. The molecule has 0 aliphatic carbocycles. The Balaban J connectivity index is 1.92. The number of rotatable bonds is 27. The Labute approximate surface area is 358 Å². The first-order valence-corrected chi connectivity index (χ1v) is 20.2. The Bertz CT molecular complexity index is 1930. The summed E-state index contributed by atoms with van der Waals surface area (Å²) < 4.78 is 0. The topological polar surface area (TPSA) is 395 Å². The van der Waals surface area contributed by atoms with Crippen LogP contribution >= 0.6 is 0 Å². The Morgan fingerprint density at radius 3 is 1.58 bits per heavy atom. The molecule has 0 aliphatic rings. The molecule has 0 saturated carbocycles. The van der Waals surface area contributed by atoms with Gasteiger partial charge < -0.3 is 70.3 Å². The summed E-state index contributed by atoms with van der Waals surface area (Å²) in [5.41, 5.74) is 30.0. The minimum Gasteiger partial charge on any atom is -0.480 e. The molecule has 3 aromatic rings. The molecular formula is C39H60N16O7. The van der Waals surface area contributed by atoms with Gasteiger partial charge >= 0.3 is 5.97 Å². The molecule has 0 bridgehead atoms. The van der Waals surface area contributed by atoms with Crippen LogP contribution in [0.4, 0.5) is 0 Å². The molecule has 18 N–H and O–H groups in total. The third-order valence-electron chi connectivity index (χ3n) is 9.79. The lowest BCUT2D eigenvalue weighted by Gasteiger charge is -2.28. The number of carbonyl (C=O) groups excluding carboxylic acids is 5. The predicted octanol–water partition coefficient (Wildman–Crippen LogP) is -2.85. The number of H-pyrrole nitrogens is 2. The summed E-state index contributed by atoms with van der Waals surface area (Å²) in [5.74, 6) is -5.80. The van der Waals surface area contributed by atoms with Crippen molar-refractivity contribution in [3.05, 3.63) is 72.3 Å². The van der Waals surface area contributed by atoms with E-state index in [0.29, 0.717) is 23.4 Å². The van der Waals surface area contributed by atoms with Gasteiger partial charge in [-0.25, -0.2) is 14.8 Å². The maximum Gasteiger partial charge on any atom is 0.326 e. The fraction of sp³-hybridized carbons (Fsp3) is 0.487. The van der Waals surface area contributed by atoms with E-state index in [1.54, 1.807) is 44.2 Å². The molecule has 0 spiro atoms. The molecule has 62 heavy (non-hydrogen) atoms. The number of hydrogen-bond acceptors (Lipinski definition) is 11. The minimum absolute atomic E-state index is 0.0148. The second kappa shape index (κ2) is 25.6. The molecule has 338 valence electrons. The average molecular weight is 865 g/mol. The van der Waals surface area contributed by atoms with Crippen LogP contribution in [0, 0.1) is 5.92 Å². The van der Waals surface area contributed by atoms with Crippen molar-refractivity contribution in [2.45, 2.75) is 101 Å². The normalized spacial score (nSPS) is 14.3. The SMILES string of the molecule is CC[C@H](C)[C@H](NC(=O)[C@H](Cc1cnc[nH]1)NC(=O)[C@H](CCCN=C(N)N)NC(=O)[C@H](CCCN=C(N)N)NC(=O)[C@H](Cc1ccccc1)NC(=O)[C@@H](N)Cc1cnc[nH]1)C(=O)O. The van der Waals surface area contributed by atoms with Gasteiger partial charge in [0, 0.05) is 56.1 Å². The molecule has 0 fully saturated rings. The highest BCUT2D eigenvalue weighted by atomic mass is 16.4. The van der Waals surface area contributed by atoms with Crippen LogP contribution in [0.2, 0.25) is 0 Å². The average Bonchev–Trinajstić information content (AvgIpc) is 3.96. The van der Waals surface area contributed by atoms with Crippen LogP contribution in [0.25, 0.3) is 0 Å². The number of aromatic amines is 2. The molecule has 0 saturated heterocycles. The molecule has 3 rings (SSSR count). The van der Waals surface area contributed by atoms with Crippen molar-refractivity contribution in [3.8, 4) is 0 Å². The van der Waals surface area contributed by atoms with Gasteiger partial charge in [-0.3, -0.25) is 34.0 Å². The second-order valence-corrected chi connectivity index (χ2v) is 14.7. The van der Waals surface area contributed by atoms with E-state index in [0.717, 1.165) is 0 Å². The first-order chi connectivity index (χ1) is 29.6. The van der Waals surface area contributed by atoms with Gasteiger partial charge in [-0.2, -0.15) is 0 Å². The summed E-state index contributed by atoms with van der Waals surface area (Å²) >= 11 is 0. The van der Waals surface area contributed by atoms with Crippen LogP contribution in [-0.2, 0) is 48.0 Å². The number of carbonyl (C=O) groups is 6. The number of nitrogens with one attached hydrogen (secondary N) is 7. The Morgan fingerprint density at radius 2 is 1.11 bits per heavy atom. The third kappa shape index (κ3) is 17.3. The Morgan fingerprint density at radius 1 is 0.661 bits per heavy atom. The number of aliphatic imine (C=N–C) groups is 2. The highest BCUT2D eigenvalue weighted by Crippen LogP contribution is 2.11. The molecule has 2 aromatic heterocycles. The fourth-order valence-corrected chi connectivity index (χ4v) is 6.19. The lowest BCUT2D eigenvalue weighted by molar-refractivity contribution is -0.143. The van der Waals surface area contributed by atoms with Gasteiger partial charge in [0.25, 0.3) is 0 Å². The summed E-state index contributed by atoms with van der Waals surface area (Å²) in [4.78, 5) is 103. The first kappa shape index (κ1) is 49.3. The van der Waals surface area contributed by atoms with Crippen molar-refractivity contribution in [2.75, 3.05) is 13.1 Å². The molecule has 5 amide bonds. The van der Waals surface area contributed by atoms with Crippen molar-refractivity contribution in [1.82, 2.24) is 46.5 Å². The number of benzene rings is 1. The van der Waals surface area contributed by atoms with Gasteiger partial charge in [0.05, 0.1) is 18.7 Å². The zero-order valence-corrected chi connectivity index (χ0v) is 34.9. The fourth-order valence-electron chi connectivity index (χ4n) is 6.19. The van der Waals surface area contributed by atoms with Gasteiger partial charge in [-0.1, -0.05) is 50.6 Å². The molecule has 2 heterocycles. The van der Waals surface area contributed by atoms with E-state index in [4.69, 9.17) is 28.7 Å². The molecule has 0 aliphatic heterocycles. The van der Waals surface area contributed by atoms with Crippen molar-refractivity contribution in [2.24, 2.45) is 44.6 Å². The zero-order chi connectivity index (χ0) is 45.6. The lowest BCUT2D eigenvalue weighted by atomic mass is 9.98. The molecule has 0 unspecified atom stereocenters. The highest BCUT2D eigenvalue weighted by molar-refractivity contribution is 5.96. The Hall–Kier alpha value is -7.04. The van der Waals surface area contributed by atoms with E-state index >= 15 is 0 Å². The van der Waals surface area contributed by atoms with Gasteiger partial charge in [0.1, 0.15) is 30.2 Å². The largest absolute Gasteiger partial charge is 0.480 e. The maximum atomic E-state index is 14.2. The number of nitrogens with two attached hydrogens (primary N) is 5. The number of carboxylic acid groups (broad SMARTS) is 1. The molecule has 0 radical (unpaired) electrons. The van der Waals surface area contributed by atoms with E-state index in [9.17, 15) is 33.9 Å². The number of aliphatic carboxylic acids is 1. The van der Waals surface area contributed by atoms with Gasteiger partial charge in [-0.15, -0.1) is 0 Å². The summed E-state index contributed by atoms with van der Waals surface area (Å²) in [6.07, 6.45) is 6.62. The van der Waals surface area contributed by atoms with E-state index in [1.807, 2.05) is 0 Å². The summed E-state index contributed by atoms with van der Waals surface area (Å²) in [6.45, 7) is 3.63. The summed E-state index contributed by atoms with van der Waals surface area (Å²) in [7, 11) is 0. The monoisotopic (exact) mass is 864 g/mol. The van der Waals surface area contributed by atoms with Crippen LogP contribution in [0.5, 0.6) is 0 Å². The zero-order valence-electron chi connectivity index (χ0n) is 34.9. The standard InChI is InChI=1S/C39H60N16O7/c1-3-22(2)31(37(61)62)55-36(60)30(17-25-19-46-21-50-25)54-34(58)28(12-8-14-48-39(43)44)51-33(57)27(11-7-13-47-38(41)42)52-35(59)29(15-23-9-5-4-6-10-23)53-32(56)26(40)16-24-18-45-20-49-24/h4-6,9-10,18-22,26-31H,3,7-8,11-17,40H2,1-2H3,(H,45,49)(H,46,50)(H,51,57)(H,52,59)(H,53,56)(H,54,58)(H,55,60)(H,61,62)(H4,41,42,47)(H4,43,44,48)/t22-,26-,27-,28-,29-,30-,31-/m0/s1. The van der Waals surface area contributed by atoms with Crippen molar-refractivity contribution in [3.63, 3.8) is 0 Å². The van der Waals surface area contributed by atoms with Crippen molar-refractivity contribution in [1.29, 1.82) is 0 Å². The predicted molar refractivity (Wildman–Crippen MR) is 229 cm³/mol. The Kier molecular flexibility index (Phi) is 20.3. The van der Waals surface area contributed by atoms with Crippen LogP contribution < -0.4 is 55.3 Å². The van der Waals surface area contributed by atoms with E-state index < -0.39 is 77.7 Å². The summed E-state index contributed by atoms with van der Waals surface area (Å²) in [6, 6.07) is 1.44. The minimum atomic E-state index is -1.32. The molecule has 23 nitrogen and oxygen atoms in total. The maximum absolute atomic E-state index is 14.2. The number of nitrogens with zero attached hydrogens (tertiary/aromatic N) is 4. The number of guanidine groups is 2. The van der Waals surface area contributed by atoms with Crippen LogP contribution in [0.1, 0.15) is 62.9 Å². The van der Waals surface area contributed by atoms with E-state index in [-0.39, 0.29) is 70.0 Å². The van der Waals surface area contributed by atoms with Crippen molar-refractivity contribution >= 4 is 47.4 Å². The van der Waals surface area contributed by atoms with Gasteiger partial charge in [-0.05, 0) is 37.2 Å². The van der Waals surface area contributed by atoms with E-state index in [1.165, 1.54) is 25.0 Å². The number of imidazole rings is 2. The van der Waals surface area contributed by atoms with Gasteiger partial charge in [0.2, 0.25) is 29.5 Å². The lowest BCUT2D eigenvalue weighted by Crippen LogP contribution is -2.60. The number of hydrogen-bond donors (Lipinski definition) is 13. The third-order valence-corrected chi connectivity index (χ3v) is 9.79. The number of amides is 5. The van der Waals surface area contributed by atoms with Crippen LogP contribution in [0.3, 0.4) is 0 Å². The van der Waals surface area contributed by atoms with Gasteiger partial charge in [0.15, 0.2) is 11.9 Å².